The highest BCUT2D eigenvalue weighted by molar-refractivity contribution is 6.35. The average Bonchev–Trinajstić information content (AvgIpc) is 2.68. The molecule has 1 amide bonds. The quantitative estimate of drug-likeness (QED) is 0.509. The van der Waals surface area contributed by atoms with E-state index in [0.29, 0.717) is 35.6 Å². The molecule has 1 fully saturated rings. The zero-order valence-electron chi connectivity index (χ0n) is 16.0. The summed E-state index contributed by atoms with van der Waals surface area (Å²) in [5.74, 6) is -0.466. The number of rotatable bonds is 7. The van der Waals surface area contributed by atoms with Gasteiger partial charge in [0.25, 0.3) is 0 Å². The third kappa shape index (κ3) is 6.72. The van der Waals surface area contributed by atoms with Crippen LogP contribution >= 0.6 is 23.2 Å². The first kappa shape index (κ1) is 21.6. The number of hydrogen-bond donors (Lipinski definition) is 1. The van der Waals surface area contributed by atoms with Crippen LogP contribution in [0, 0.1) is 0 Å². The number of benzene rings is 2. The average molecular weight is 437 g/mol. The van der Waals surface area contributed by atoms with Gasteiger partial charge in [-0.05, 0) is 55.3 Å². The number of hydrazone groups is 1. The van der Waals surface area contributed by atoms with Crippen molar-refractivity contribution >= 4 is 35.3 Å². The van der Waals surface area contributed by atoms with Crippen LogP contribution in [0.15, 0.2) is 47.6 Å². The lowest BCUT2D eigenvalue weighted by Crippen LogP contribution is -2.41. The zero-order valence-corrected chi connectivity index (χ0v) is 17.5. The number of amides is 1. The summed E-state index contributed by atoms with van der Waals surface area (Å²) in [6, 6.07) is 12.6. The largest absolute Gasteiger partial charge is 0.489 e. The van der Waals surface area contributed by atoms with Gasteiger partial charge in [-0.3, -0.25) is 4.79 Å². The van der Waals surface area contributed by atoms with Crippen LogP contribution in [0.3, 0.4) is 0 Å². The summed E-state index contributed by atoms with van der Waals surface area (Å²) in [7, 11) is 0. The molecule has 0 saturated carbocycles. The molecule has 1 aliphatic heterocycles. The van der Waals surface area contributed by atoms with Gasteiger partial charge in [-0.1, -0.05) is 29.3 Å². The van der Waals surface area contributed by atoms with E-state index in [0.717, 1.165) is 17.5 Å². The summed E-state index contributed by atoms with van der Waals surface area (Å²) in [5.41, 5.74) is 4.16. The molecule has 0 aromatic heterocycles. The first-order chi connectivity index (χ1) is 13.9. The van der Waals surface area contributed by atoms with Gasteiger partial charge in [0.1, 0.15) is 12.4 Å². The van der Waals surface area contributed by atoms with Gasteiger partial charge in [-0.25, -0.2) is 5.43 Å². The van der Waals surface area contributed by atoms with E-state index in [1.54, 1.807) is 25.3 Å². The summed E-state index contributed by atoms with van der Waals surface area (Å²) < 4.78 is 16.8. The van der Waals surface area contributed by atoms with E-state index in [9.17, 15) is 4.79 Å². The van der Waals surface area contributed by atoms with Crippen LogP contribution in [0.1, 0.15) is 30.9 Å². The highest BCUT2D eigenvalue weighted by atomic mass is 35.5. The molecule has 0 spiro atoms. The van der Waals surface area contributed by atoms with Crippen molar-refractivity contribution in [2.45, 2.75) is 32.2 Å². The fourth-order valence-electron chi connectivity index (χ4n) is 2.74. The normalized spacial score (nSPS) is 16.0. The SMILES string of the molecule is CC1(CC(=O)NN=Cc2ccc(OCc3ccc(Cl)cc3Cl)cc2)OCCCO1. The number of carbonyl (C=O) groups is 1. The summed E-state index contributed by atoms with van der Waals surface area (Å²) in [4.78, 5) is 12.0. The summed E-state index contributed by atoms with van der Waals surface area (Å²) in [5, 5.41) is 5.13. The van der Waals surface area contributed by atoms with E-state index in [2.05, 4.69) is 10.5 Å². The van der Waals surface area contributed by atoms with Crippen molar-refractivity contribution in [3.05, 3.63) is 63.6 Å². The van der Waals surface area contributed by atoms with Gasteiger partial charge in [0.15, 0.2) is 5.79 Å². The van der Waals surface area contributed by atoms with Gasteiger partial charge < -0.3 is 14.2 Å². The highest BCUT2D eigenvalue weighted by Gasteiger charge is 2.31. The van der Waals surface area contributed by atoms with Crippen LogP contribution in [0.4, 0.5) is 0 Å². The van der Waals surface area contributed by atoms with Gasteiger partial charge in [0.05, 0.1) is 25.8 Å². The Hall–Kier alpha value is -2.12. The van der Waals surface area contributed by atoms with Crippen molar-refractivity contribution in [1.29, 1.82) is 0 Å². The Bertz CT molecular complexity index is 865. The Labute approximate surface area is 179 Å². The molecule has 1 heterocycles. The Kier molecular flexibility index (Phi) is 7.50. The van der Waals surface area contributed by atoms with Crippen molar-refractivity contribution < 1.29 is 19.0 Å². The molecule has 154 valence electrons. The fraction of sp³-hybridized carbons (Fsp3) is 0.333. The van der Waals surface area contributed by atoms with Gasteiger partial charge >= 0.3 is 0 Å². The first-order valence-corrected chi connectivity index (χ1v) is 9.96. The van der Waals surface area contributed by atoms with Crippen molar-refractivity contribution in [2.24, 2.45) is 5.10 Å². The van der Waals surface area contributed by atoms with Crippen LogP contribution in [0.2, 0.25) is 10.0 Å². The van der Waals surface area contributed by atoms with Gasteiger partial charge in [-0.15, -0.1) is 0 Å². The first-order valence-electron chi connectivity index (χ1n) is 9.20. The van der Waals surface area contributed by atoms with Gasteiger partial charge in [0.2, 0.25) is 5.91 Å². The molecule has 0 atom stereocenters. The Morgan fingerprint density at radius 3 is 2.62 bits per heavy atom. The van der Waals surface area contributed by atoms with Crippen molar-refractivity contribution in [1.82, 2.24) is 5.43 Å². The predicted molar refractivity (Wildman–Crippen MR) is 113 cm³/mol. The molecule has 3 rings (SSSR count). The summed E-state index contributed by atoms with van der Waals surface area (Å²) in [6.45, 7) is 3.27. The molecular formula is C21H22Cl2N2O4. The Balaban J connectivity index is 1.46. The number of halogens is 2. The molecule has 6 nitrogen and oxygen atoms in total. The predicted octanol–water partition coefficient (Wildman–Crippen LogP) is 4.57. The summed E-state index contributed by atoms with van der Waals surface area (Å²) >= 11 is 12.0. The topological polar surface area (TPSA) is 69.2 Å². The van der Waals surface area contributed by atoms with E-state index in [-0.39, 0.29) is 12.3 Å². The zero-order chi connectivity index (χ0) is 20.7. The number of nitrogens with zero attached hydrogens (tertiary/aromatic N) is 1. The van der Waals surface area contributed by atoms with Crippen molar-refractivity contribution in [3.63, 3.8) is 0 Å². The molecule has 8 heteroatoms. The maximum absolute atomic E-state index is 12.0. The second kappa shape index (κ2) is 10.1. The maximum atomic E-state index is 12.0. The lowest BCUT2D eigenvalue weighted by Gasteiger charge is -2.33. The molecular weight excluding hydrogens is 415 g/mol. The van der Waals surface area contributed by atoms with Crippen LogP contribution in [0.25, 0.3) is 0 Å². The van der Waals surface area contributed by atoms with E-state index in [1.807, 2.05) is 30.3 Å². The smallest absolute Gasteiger partial charge is 0.245 e. The van der Waals surface area contributed by atoms with Crippen LogP contribution in [-0.4, -0.2) is 31.1 Å². The molecule has 0 aliphatic carbocycles. The third-order valence-electron chi connectivity index (χ3n) is 4.28. The number of carbonyl (C=O) groups excluding carboxylic acids is 1. The molecule has 1 N–H and O–H groups in total. The number of nitrogens with one attached hydrogen (secondary N) is 1. The molecule has 2 aromatic carbocycles. The van der Waals surface area contributed by atoms with E-state index in [1.165, 1.54) is 0 Å². The second-order valence-electron chi connectivity index (χ2n) is 6.75. The Morgan fingerprint density at radius 1 is 1.21 bits per heavy atom. The maximum Gasteiger partial charge on any atom is 0.245 e. The minimum Gasteiger partial charge on any atom is -0.489 e. The highest BCUT2D eigenvalue weighted by Crippen LogP contribution is 2.23. The second-order valence-corrected chi connectivity index (χ2v) is 7.59. The third-order valence-corrected chi connectivity index (χ3v) is 4.86. The van der Waals surface area contributed by atoms with Gasteiger partial charge in [-0.2, -0.15) is 5.10 Å². The number of ether oxygens (including phenoxy) is 3. The van der Waals surface area contributed by atoms with Crippen LogP contribution in [0.5, 0.6) is 5.75 Å². The van der Waals surface area contributed by atoms with Crippen LogP contribution < -0.4 is 10.2 Å². The minimum absolute atomic E-state index is 0.0877. The molecule has 0 radical (unpaired) electrons. The van der Waals surface area contributed by atoms with Crippen LogP contribution in [-0.2, 0) is 20.9 Å². The standard InChI is InChI=1S/C21H22Cl2N2O4/c1-21(28-9-2-10-29-21)12-20(26)25-24-13-15-3-7-18(8-4-15)27-14-16-5-6-17(22)11-19(16)23/h3-8,11,13H,2,9-10,12,14H2,1H3,(H,25,26). The van der Waals surface area contributed by atoms with Gasteiger partial charge in [0, 0.05) is 15.6 Å². The lowest BCUT2D eigenvalue weighted by atomic mass is 10.2. The molecule has 1 aliphatic rings. The molecule has 2 aromatic rings. The molecule has 0 bridgehead atoms. The van der Waals surface area contributed by atoms with E-state index < -0.39 is 5.79 Å². The van der Waals surface area contributed by atoms with E-state index >= 15 is 0 Å². The number of hydrogen-bond acceptors (Lipinski definition) is 5. The lowest BCUT2D eigenvalue weighted by molar-refractivity contribution is -0.256. The molecule has 29 heavy (non-hydrogen) atoms. The molecule has 1 saturated heterocycles. The minimum atomic E-state index is -0.885. The van der Waals surface area contributed by atoms with Crippen molar-refractivity contribution in [2.75, 3.05) is 13.2 Å². The van der Waals surface area contributed by atoms with E-state index in [4.69, 9.17) is 37.4 Å². The van der Waals surface area contributed by atoms with Crippen molar-refractivity contribution in [3.8, 4) is 5.75 Å². The monoisotopic (exact) mass is 436 g/mol. The fourth-order valence-corrected chi connectivity index (χ4v) is 3.20. The summed E-state index contributed by atoms with van der Waals surface area (Å²) in [6.07, 6.45) is 2.48. The Morgan fingerprint density at radius 2 is 1.93 bits per heavy atom. The molecule has 0 unspecified atom stereocenters.